The second-order valence-corrected chi connectivity index (χ2v) is 9.16. The van der Waals surface area contributed by atoms with E-state index in [1.807, 2.05) is 12.1 Å². The lowest BCUT2D eigenvalue weighted by molar-refractivity contribution is -0.141. The molecule has 0 aliphatic rings. The van der Waals surface area contributed by atoms with Gasteiger partial charge in [-0.1, -0.05) is 20.3 Å². The summed E-state index contributed by atoms with van der Waals surface area (Å²) in [6.07, 6.45) is 2.22. The molecule has 31 heavy (non-hydrogen) atoms. The number of carbonyl (C=O) groups excluding carboxylic acids is 2. The molecular weight excluding hydrogens is 549 g/mol. The second kappa shape index (κ2) is 14.4. The molecule has 0 heterocycles. The highest BCUT2D eigenvalue weighted by Gasteiger charge is 2.16. The van der Waals surface area contributed by atoms with E-state index in [0.29, 0.717) is 11.5 Å². The Morgan fingerprint density at radius 3 is 2.26 bits per heavy atom. The summed E-state index contributed by atoms with van der Waals surface area (Å²) in [6.45, 7) is 8.01. The molecule has 2 aromatic rings. The van der Waals surface area contributed by atoms with Crippen molar-refractivity contribution in [3.63, 3.8) is 0 Å². The number of halogens is 2. The van der Waals surface area contributed by atoms with Gasteiger partial charge in [-0.3, -0.25) is 9.59 Å². The van der Waals surface area contributed by atoms with Gasteiger partial charge in [-0.15, -0.1) is 8.58 Å². The third-order valence-electron chi connectivity index (χ3n) is 3.57. The van der Waals surface area contributed by atoms with Gasteiger partial charge in [0.1, 0.15) is 18.0 Å². The minimum Gasteiger partial charge on any atom is -0.507 e. The fraction of sp³-hybridized carbons (Fsp3) is 0.364. The standard InChI is InChI=1S/C19H20Br2NO5P.C3H8/c1-3-26-17(24)9-22-19(25)13-8-12(4-5-16(13)23)27-18-14(20)6-11(10-28-2)7-15(18)21;1-3-2/h4-8,23,28H,3,9-10H2,1-2H3,(H,22,25);3H2,1-2H3. The number of phenolic OH excluding ortho intramolecular Hbond substituents is 1. The first kappa shape index (κ1) is 27.4. The maximum Gasteiger partial charge on any atom is 0.325 e. The van der Waals surface area contributed by atoms with Gasteiger partial charge in [0.25, 0.3) is 5.91 Å². The van der Waals surface area contributed by atoms with Crippen molar-refractivity contribution in [1.29, 1.82) is 0 Å². The van der Waals surface area contributed by atoms with Crippen LogP contribution in [-0.2, 0) is 15.7 Å². The molecule has 1 unspecified atom stereocenters. The van der Waals surface area contributed by atoms with Crippen molar-refractivity contribution in [2.75, 3.05) is 19.8 Å². The number of phenols is 1. The number of amides is 1. The number of rotatable bonds is 8. The van der Waals surface area contributed by atoms with Crippen LogP contribution in [0.5, 0.6) is 17.2 Å². The summed E-state index contributed by atoms with van der Waals surface area (Å²) in [6, 6.07) is 8.31. The predicted octanol–water partition coefficient (Wildman–Crippen LogP) is 6.23. The lowest BCUT2D eigenvalue weighted by Crippen LogP contribution is -2.30. The maximum absolute atomic E-state index is 12.3. The van der Waals surface area contributed by atoms with Gasteiger partial charge in [-0.2, -0.15) is 0 Å². The van der Waals surface area contributed by atoms with Gasteiger partial charge in [0.05, 0.1) is 21.1 Å². The van der Waals surface area contributed by atoms with E-state index < -0.39 is 11.9 Å². The molecule has 0 fully saturated rings. The lowest BCUT2D eigenvalue weighted by Gasteiger charge is -2.13. The van der Waals surface area contributed by atoms with E-state index in [9.17, 15) is 14.7 Å². The molecule has 0 saturated carbocycles. The first-order chi connectivity index (χ1) is 14.8. The monoisotopic (exact) mass is 575 g/mol. The van der Waals surface area contributed by atoms with Gasteiger partial charge in [0.2, 0.25) is 0 Å². The summed E-state index contributed by atoms with van der Waals surface area (Å²) in [5.74, 6) is -0.444. The van der Waals surface area contributed by atoms with Crippen LogP contribution in [0.3, 0.4) is 0 Å². The van der Waals surface area contributed by atoms with Crippen molar-refractivity contribution in [1.82, 2.24) is 5.32 Å². The van der Waals surface area contributed by atoms with Crippen molar-refractivity contribution in [3.05, 3.63) is 50.4 Å². The number of esters is 1. The molecule has 6 nitrogen and oxygen atoms in total. The molecule has 0 saturated heterocycles. The quantitative estimate of drug-likeness (QED) is 0.287. The molecule has 2 N–H and O–H groups in total. The molecule has 2 aromatic carbocycles. The van der Waals surface area contributed by atoms with Crippen LogP contribution >= 0.6 is 40.4 Å². The van der Waals surface area contributed by atoms with Crippen LogP contribution in [0.15, 0.2) is 39.3 Å². The maximum atomic E-state index is 12.3. The Morgan fingerprint density at radius 2 is 1.71 bits per heavy atom. The van der Waals surface area contributed by atoms with E-state index in [2.05, 4.69) is 57.7 Å². The van der Waals surface area contributed by atoms with Crippen LogP contribution in [0.2, 0.25) is 0 Å². The Kier molecular flexibility index (Phi) is 12.8. The van der Waals surface area contributed by atoms with Crippen LogP contribution < -0.4 is 10.1 Å². The van der Waals surface area contributed by atoms with Crippen molar-refractivity contribution in [2.45, 2.75) is 33.4 Å². The van der Waals surface area contributed by atoms with Gasteiger partial charge in [-0.25, -0.2) is 0 Å². The van der Waals surface area contributed by atoms with Gasteiger partial charge >= 0.3 is 5.97 Å². The Morgan fingerprint density at radius 1 is 1.10 bits per heavy atom. The number of nitrogens with one attached hydrogen (secondary N) is 1. The van der Waals surface area contributed by atoms with E-state index in [4.69, 9.17) is 9.47 Å². The fourth-order valence-electron chi connectivity index (χ4n) is 2.35. The first-order valence-electron chi connectivity index (χ1n) is 9.84. The Bertz CT molecular complexity index is 869. The summed E-state index contributed by atoms with van der Waals surface area (Å²) < 4.78 is 12.2. The molecule has 0 aliphatic heterocycles. The molecule has 0 spiro atoms. The highest BCUT2D eigenvalue weighted by molar-refractivity contribution is 9.11. The van der Waals surface area contributed by atoms with Crippen molar-refractivity contribution in [2.24, 2.45) is 0 Å². The third-order valence-corrected chi connectivity index (χ3v) is 5.51. The average molecular weight is 577 g/mol. The molecule has 1 atom stereocenters. The number of aromatic hydroxyl groups is 1. The largest absolute Gasteiger partial charge is 0.507 e. The molecule has 170 valence electrons. The van der Waals surface area contributed by atoms with Gasteiger partial charge < -0.3 is 19.9 Å². The SMILES string of the molecule is CCC.CCOC(=O)CNC(=O)c1cc(Oc2c(Br)cc(CPC)cc2Br)ccc1O. The summed E-state index contributed by atoms with van der Waals surface area (Å²) in [7, 11) is 0.802. The molecule has 9 heteroatoms. The average Bonchev–Trinajstić information content (AvgIpc) is 2.71. The number of carbonyl (C=O) groups is 2. The smallest absolute Gasteiger partial charge is 0.325 e. The van der Waals surface area contributed by atoms with E-state index in [1.54, 1.807) is 13.0 Å². The molecule has 0 radical (unpaired) electrons. The summed E-state index contributed by atoms with van der Waals surface area (Å²) >= 11 is 7.02. The van der Waals surface area contributed by atoms with Crippen LogP contribution in [-0.4, -0.2) is 36.8 Å². The molecular formula is C22H28Br2NO5P. The molecule has 0 aliphatic carbocycles. The van der Waals surface area contributed by atoms with Crippen LogP contribution in [0, 0.1) is 0 Å². The van der Waals surface area contributed by atoms with Crippen LogP contribution in [0.25, 0.3) is 0 Å². The molecule has 0 aromatic heterocycles. The molecule has 0 bridgehead atoms. The normalized spacial score (nSPS) is 10.4. The predicted molar refractivity (Wildman–Crippen MR) is 133 cm³/mol. The van der Waals surface area contributed by atoms with E-state index in [1.165, 1.54) is 24.1 Å². The first-order valence-corrected chi connectivity index (χ1v) is 13.1. The second-order valence-electron chi connectivity index (χ2n) is 6.39. The number of hydrogen-bond acceptors (Lipinski definition) is 5. The minimum absolute atomic E-state index is 0.00199. The Balaban J connectivity index is 0.00000151. The zero-order valence-corrected chi connectivity index (χ0v) is 22.2. The highest BCUT2D eigenvalue weighted by atomic mass is 79.9. The van der Waals surface area contributed by atoms with Gasteiger partial charge in [0, 0.05) is 0 Å². The number of hydrogen-bond donors (Lipinski definition) is 2. The summed E-state index contributed by atoms with van der Waals surface area (Å²) in [5.41, 5.74) is 1.18. The van der Waals surface area contributed by atoms with E-state index >= 15 is 0 Å². The fourth-order valence-corrected chi connectivity index (χ4v) is 4.41. The van der Waals surface area contributed by atoms with Crippen molar-refractivity contribution < 1.29 is 24.2 Å². The highest BCUT2D eigenvalue weighted by Crippen LogP contribution is 2.39. The summed E-state index contributed by atoms with van der Waals surface area (Å²) in [5, 5.41) is 12.4. The Labute approximate surface area is 202 Å². The van der Waals surface area contributed by atoms with E-state index in [0.717, 1.165) is 23.7 Å². The zero-order valence-electron chi connectivity index (χ0n) is 18.1. The summed E-state index contributed by atoms with van der Waals surface area (Å²) in [4.78, 5) is 23.7. The number of ether oxygens (including phenoxy) is 2. The van der Waals surface area contributed by atoms with E-state index in [-0.39, 0.29) is 24.5 Å². The third kappa shape index (κ3) is 9.17. The zero-order chi connectivity index (χ0) is 23.4. The topological polar surface area (TPSA) is 84.9 Å². The van der Waals surface area contributed by atoms with Crippen molar-refractivity contribution >= 4 is 52.3 Å². The number of benzene rings is 2. The molecule has 1 amide bonds. The van der Waals surface area contributed by atoms with Crippen LogP contribution in [0.4, 0.5) is 0 Å². The Hall–Kier alpha value is -1.63. The lowest BCUT2D eigenvalue weighted by atomic mass is 10.1. The van der Waals surface area contributed by atoms with Crippen molar-refractivity contribution in [3.8, 4) is 17.2 Å². The minimum atomic E-state index is -0.603. The van der Waals surface area contributed by atoms with Gasteiger partial charge in [0.15, 0.2) is 5.75 Å². The van der Waals surface area contributed by atoms with Crippen LogP contribution in [0.1, 0.15) is 43.1 Å². The van der Waals surface area contributed by atoms with Gasteiger partial charge in [-0.05, 0) is 87.5 Å². The molecule has 2 rings (SSSR count).